The third-order valence-corrected chi connectivity index (χ3v) is 4.32. The lowest BCUT2D eigenvalue weighted by atomic mass is 10.2. The van der Waals surface area contributed by atoms with E-state index >= 15 is 0 Å². The molecule has 2 aromatic carbocycles. The summed E-state index contributed by atoms with van der Waals surface area (Å²) >= 11 is 0. The molecule has 1 saturated heterocycles. The van der Waals surface area contributed by atoms with Crippen molar-refractivity contribution in [3.8, 4) is 5.75 Å². The lowest BCUT2D eigenvalue weighted by Crippen LogP contribution is -2.32. The molecular formula is C20H23FN2O2. The molecule has 1 amide bonds. The van der Waals surface area contributed by atoms with Gasteiger partial charge in [0.05, 0.1) is 0 Å². The van der Waals surface area contributed by atoms with Gasteiger partial charge >= 0.3 is 0 Å². The van der Waals surface area contributed by atoms with E-state index in [4.69, 9.17) is 4.74 Å². The summed E-state index contributed by atoms with van der Waals surface area (Å²) in [5, 5.41) is 3.29. The monoisotopic (exact) mass is 342 g/mol. The quantitative estimate of drug-likeness (QED) is 0.841. The van der Waals surface area contributed by atoms with Crippen molar-refractivity contribution in [1.29, 1.82) is 0 Å². The van der Waals surface area contributed by atoms with Crippen molar-refractivity contribution in [2.45, 2.75) is 25.9 Å². The molecule has 1 aliphatic rings. The minimum absolute atomic E-state index is 0.0417. The second kappa shape index (κ2) is 8.62. The Morgan fingerprint density at radius 2 is 1.88 bits per heavy atom. The van der Waals surface area contributed by atoms with Gasteiger partial charge in [-0.25, -0.2) is 4.39 Å². The van der Waals surface area contributed by atoms with Crippen LogP contribution in [-0.2, 0) is 17.9 Å². The highest BCUT2D eigenvalue weighted by molar-refractivity contribution is 5.78. The minimum atomic E-state index is -0.233. The van der Waals surface area contributed by atoms with Crippen LogP contribution in [0, 0.1) is 5.82 Å². The zero-order chi connectivity index (χ0) is 17.5. The second-order valence-corrected chi connectivity index (χ2v) is 6.22. The van der Waals surface area contributed by atoms with Crippen LogP contribution in [0.15, 0.2) is 48.5 Å². The molecule has 25 heavy (non-hydrogen) atoms. The molecule has 1 aliphatic heterocycles. The van der Waals surface area contributed by atoms with Crippen LogP contribution in [0.2, 0.25) is 0 Å². The van der Waals surface area contributed by atoms with E-state index in [9.17, 15) is 9.18 Å². The molecule has 0 aromatic heterocycles. The first-order valence-corrected chi connectivity index (χ1v) is 8.66. The third kappa shape index (κ3) is 5.03. The predicted octanol–water partition coefficient (Wildman–Crippen LogP) is 3.12. The number of likely N-dealkylation sites (tertiary alicyclic amines) is 1. The zero-order valence-electron chi connectivity index (χ0n) is 14.2. The standard InChI is InChI=1S/C20H23FN2O2/c21-18-8-5-6-16(12-18)13-22-14-17-7-1-2-9-19(17)25-15-20(24)23-10-3-4-11-23/h1-2,5-9,12,22H,3-4,10-11,13-15H2. The molecule has 0 radical (unpaired) electrons. The fourth-order valence-electron chi connectivity index (χ4n) is 2.98. The predicted molar refractivity (Wildman–Crippen MR) is 94.7 cm³/mol. The molecule has 4 nitrogen and oxygen atoms in total. The molecule has 5 heteroatoms. The van der Waals surface area contributed by atoms with Crippen molar-refractivity contribution >= 4 is 5.91 Å². The molecule has 0 saturated carbocycles. The van der Waals surface area contributed by atoms with Crippen LogP contribution in [0.1, 0.15) is 24.0 Å². The lowest BCUT2D eigenvalue weighted by molar-refractivity contribution is -0.132. The molecular weight excluding hydrogens is 319 g/mol. The topological polar surface area (TPSA) is 41.6 Å². The average Bonchev–Trinajstić information content (AvgIpc) is 3.15. The summed E-state index contributed by atoms with van der Waals surface area (Å²) in [5.74, 6) is 0.519. The van der Waals surface area contributed by atoms with Crippen LogP contribution in [0.25, 0.3) is 0 Å². The number of hydrogen-bond donors (Lipinski definition) is 1. The number of hydrogen-bond acceptors (Lipinski definition) is 3. The smallest absolute Gasteiger partial charge is 0.260 e. The van der Waals surface area contributed by atoms with Gasteiger partial charge in [0, 0.05) is 31.7 Å². The van der Waals surface area contributed by atoms with Gasteiger partial charge < -0.3 is 15.0 Å². The zero-order valence-corrected chi connectivity index (χ0v) is 14.2. The SMILES string of the molecule is O=C(COc1ccccc1CNCc1cccc(F)c1)N1CCCC1. The number of nitrogens with one attached hydrogen (secondary N) is 1. The van der Waals surface area contributed by atoms with Crippen LogP contribution >= 0.6 is 0 Å². The molecule has 2 aromatic rings. The Morgan fingerprint density at radius 1 is 1.08 bits per heavy atom. The summed E-state index contributed by atoms with van der Waals surface area (Å²) in [7, 11) is 0. The van der Waals surface area contributed by atoms with E-state index in [1.165, 1.54) is 12.1 Å². The van der Waals surface area contributed by atoms with E-state index in [0.717, 1.165) is 37.1 Å². The Kier molecular flexibility index (Phi) is 6.01. The Hall–Kier alpha value is -2.40. The summed E-state index contributed by atoms with van der Waals surface area (Å²) < 4.78 is 18.9. The van der Waals surface area contributed by atoms with Gasteiger partial charge in [0.25, 0.3) is 5.91 Å². The van der Waals surface area contributed by atoms with E-state index in [0.29, 0.717) is 18.8 Å². The van der Waals surface area contributed by atoms with Crippen molar-refractivity contribution in [1.82, 2.24) is 10.2 Å². The minimum Gasteiger partial charge on any atom is -0.483 e. The number of carbonyl (C=O) groups is 1. The fraction of sp³-hybridized carbons (Fsp3) is 0.350. The molecule has 1 N–H and O–H groups in total. The first-order chi connectivity index (χ1) is 12.2. The van der Waals surface area contributed by atoms with Crippen molar-refractivity contribution in [2.75, 3.05) is 19.7 Å². The number of nitrogens with zero attached hydrogens (tertiary/aromatic N) is 1. The van der Waals surface area contributed by atoms with Gasteiger partial charge in [0.15, 0.2) is 6.61 Å². The Labute approximate surface area is 147 Å². The Morgan fingerprint density at radius 3 is 2.68 bits per heavy atom. The van der Waals surface area contributed by atoms with Gasteiger partial charge in [-0.3, -0.25) is 4.79 Å². The highest BCUT2D eigenvalue weighted by Gasteiger charge is 2.18. The summed E-state index contributed by atoms with van der Waals surface area (Å²) in [4.78, 5) is 14.0. The van der Waals surface area contributed by atoms with Crippen LogP contribution in [0.4, 0.5) is 4.39 Å². The molecule has 0 spiro atoms. The van der Waals surface area contributed by atoms with Crippen molar-refractivity contribution in [2.24, 2.45) is 0 Å². The van der Waals surface area contributed by atoms with Crippen molar-refractivity contribution in [3.05, 3.63) is 65.5 Å². The molecule has 0 unspecified atom stereocenters. The van der Waals surface area contributed by atoms with Crippen LogP contribution in [0.3, 0.4) is 0 Å². The van der Waals surface area contributed by atoms with E-state index in [-0.39, 0.29) is 18.3 Å². The molecule has 132 valence electrons. The van der Waals surface area contributed by atoms with Gasteiger partial charge in [-0.15, -0.1) is 0 Å². The molecule has 0 atom stereocenters. The van der Waals surface area contributed by atoms with Gasteiger partial charge in [-0.1, -0.05) is 30.3 Å². The maximum atomic E-state index is 13.2. The molecule has 1 fully saturated rings. The first-order valence-electron chi connectivity index (χ1n) is 8.66. The van der Waals surface area contributed by atoms with Crippen molar-refractivity contribution < 1.29 is 13.9 Å². The van der Waals surface area contributed by atoms with Gasteiger partial charge in [-0.2, -0.15) is 0 Å². The molecule has 0 aliphatic carbocycles. The van der Waals surface area contributed by atoms with Gasteiger partial charge in [-0.05, 0) is 36.6 Å². The summed E-state index contributed by atoms with van der Waals surface area (Å²) in [6.07, 6.45) is 2.15. The van der Waals surface area contributed by atoms with E-state index in [1.807, 2.05) is 35.2 Å². The number of benzene rings is 2. The fourth-order valence-corrected chi connectivity index (χ4v) is 2.98. The summed E-state index contributed by atoms with van der Waals surface area (Å²) in [5.41, 5.74) is 1.87. The summed E-state index contributed by atoms with van der Waals surface area (Å²) in [6.45, 7) is 2.89. The van der Waals surface area contributed by atoms with E-state index < -0.39 is 0 Å². The van der Waals surface area contributed by atoms with Crippen LogP contribution in [-0.4, -0.2) is 30.5 Å². The average molecular weight is 342 g/mol. The normalized spacial score (nSPS) is 13.9. The number of halogens is 1. The largest absolute Gasteiger partial charge is 0.483 e. The van der Waals surface area contributed by atoms with Gasteiger partial charge in [0.1, 0.15) is 11.6 Å². The highest BCUT2D eigenvalue weighted by Crippen LogP contribution is 2.18. The maximum Gasteiger partial charge on any atom is 0.260 e. The highest BCUT2D eigenvalue weighted by atomic mass is 19.1. The second-order valence-electron chi connectivity index (χ2n) is 6.22. The lowest BCUT2D eigenvalue weighted by Gasteiger charge is -2.17. The molecule has 1 heterocycles. The van der Waals surface area contributed by atoms with E-state index in [2.05, 4.69) is 5.32 Å². The van der Waals surface area contributed by atoms with E-state index in [1.54, 1.807) is 6.07 Å². The number of rotatable bonds is 7. The Bertz CT molecular complexity index is 714. The maximum absolute atomic E-state index is 13.2. The van der Waals surface area contributed by atoms with Crippen LogP contribution < -0.4 is 10.1 Å². The number of amides is 1. The number of para-hydroxylation sites is 1. The number of ether oxygens (including phenoxy) is 1. The molecule has 3 rings (SSSR count). The summed E-state index contributed by atoms with van der Waals surface area (Å²) in [6, 6.07) is 14.2. The first kappa shape index (κ1) is 17.4. The molecule has 0 bridgehead atoms. The third-order valence-electron chi connectivity index (χ3n) is 4.32. The number of carbonyl (C=O) groups excluding carboxylic acids is 1. The van der Waals surface area contributed by atoms with Crippen molar-refractivity contribution in [3.63, 3.8) is 0 Å². The van der Waals surface area contributed by atoms with Gasteiger partial charge in [0.2, 0.25) is 0 Å². The Balaban J connectivity index is 1.52. The van der Waals surface area contributed by atoms with Crippen LogP contribution in [0.5, 0.6) is 5.75 Å².